The highest BCUT2D eigenvalue weighted by Gasteiger charge is 2.51. The van der Waals surface area contributed by atoms with Crippen LogP contribution in [0, 0.1) is 20.8 Å². The number of esters is 1. The van der Waals surface area contributed by atoms with E-state index < -0.39 is 5.60 Å². The van der Waals surface area contributed by atoms with Crippen LogP contribution in [0.25, 0.3) is 5.57 Å². The molecule has 0 N–H and O–H groups in total. The van der Waals surface area contributed by atoms with Crippen LogP contribution < -0.4 is 0 Å². The number of hydrogen-bond acceptors (Lipinski definition) is 3. The molecule has 1 aromatic carbocycles. The average Bonchev–Trinajstić information content (AvgIpc) is 3.03. The Balaban J connectivity index is 2.31. The van der Waals surface area contributed by atoms with Crippen LogP contribution in [0.4, 0.5) is 0 Å². The summed E-state index contributed by atoms with van der Waals surface area (Å²) in [5.74, 6) is -0.556. The molecular weight excluding hydrogens is 288 g/mol. The van der Waals surface area contributed by atoms with E-state index in [2.05, 4.69) is 6.58 Å². The van der Waals surface area contributed by atoms with E-state index in [9.17, 15) is 9.59 Å². The van der Waals surface area contributed by atoms with Gasteiger partial charge in [-0.2, -0.15) is 0 Å². The van der Waals surface area contributed by atoms with Crippen LogP contribution in [-0.2, 0) is 14.3 Å². The molecule has 1 fully saturated rings. The van der Waals surface area contributed by atoms with Gasteiger partial charge in [0.05, 0.1) is 11.1 Å². The number of benzene rings is 1. The highest BCUT2D eigenvalue weighted by atomic mass is 16.6. The maximum absolute atomic E-state index is 12.7. The van der Waals surface area contributed by atoms with E-state index in [-0.39, 0.29) is 11.8 Å². The zero-order chi connectivity index (χ0) is 16.8. The minimum Gasteiger partial charge on any atom is -0.450 e. The van der Waals surface area contributed by atoms with E-state index in [4.69, 9.17) is 4.74 Å². The highest BCUT2D eigenvalue weighted by Crippen LogP contribution is 2.49. The van der Waals surface area contributed by atoms with Gasteiger partial charge in [-0.15, -0.1) is 0 Å². The van der Waals surface area contributed by atoms with Crippen LogP contribution in [0.1, 0.15) is 47.9 Å². The van der Waals surface area contributed by atoms with Crippen molar-refractivity contribution in [2.45, 2.75) is 52.1 Å². The van der Waals surface area contributed by atoms with Crippen molar-refractivity contribution >= 4 is 17.3 Å². The average molecular weight is 310 g/mol. The standard InChI is InChI=1S/C20H22O3/c1-5-15(21)18-17(16-13(3)10-12(2)11-14(16)4)19(22)23-20(18)8-6-7-9-20/h5,10-11H,1,6-9H2,2-4H3. The number of ether oxygens (including phenoxy) is 1. The van der Waals surface area contributed by atoms with Gasteiger partial charge in [0.25, 0.3) is 0 Å². The molecule has 0 saturated heterocycles. The van der Waals surface area contributed by atoms with Crippen molar-refractivity contribution in [2.24, 2.45) is 0 Å². The monoisotopic (exact) mass is 310 g/mol. The Morgan fingerprint density at radius 3 is 2.26 bits per heavy atom. The molecule has 3 heteroatoms. The summed E-state index contributed by atoms with van der Waals surface area (Å²) in [5.41, 5.74) is 4.22. The molecule has 1 aliphatic heterocycles. The van der Waals surface area contributed by atoms with E-state index in [0.29, 0.717) is 11.1 Å². The smallest absolute Gasteiger partial charge is 0.340 e. The molecule has 0 amide bonds. The lowest BCUT2D eigenvalue weighted by Gasteiger charge is -2.24. The van der Waals surface area contributed by atoms with E-state index in [0.717, 1.165) is 47.9 Å². The van der Waals surface area contributed by atoms with Gasteiger partial charge in [-0.25, -0.2) is 4.79 Å². The van der Waals surface area contributed by atoms with Crippen molar-refractivity contribution in [3.8, 4) is 0 Å². The number of aryl methyl sites for hydroxylation is 3. The molecule has 23 heavy (non-hydrogen) atoms. The molecule has 2 aliphatic rings. The number of carbonyl (C=O) groups excluding carboxylic acids is 2. The van der Waals surface area contributed by atoms with Gasteiger partial charge in [-0.3, -0.25) is 4.79 Å². The summed E-state index contributed by atoms with van der Waals surface area (Å²) in [4.78, 5) is 25.3. The van der Waals surface area contributed by atoms with Crippen LogP contribution in [0.3, 0.4) is 0 Å². The largest absolute Gasteiger partial charge is 0.450 e. The van der Waals surface area contributed by atoms with E-state index in [1.54, 1.807) is 0 Å². The molecule has 1 heterocycles. The predicted octanol–water partition coefficient (Wildman–Crippen LogP) is 3.99. The summed E-state index contributed by atoms with van der Waals surface area (Å²) in [7, 11) is 0. The number of hydrogen-bond donors (Lipinski definition) is 0. The third-order valence-corrected chi connectivity index (χ3v) is 4.97. The SMILES string of the molecule is C=CC(=O)C1=C(c2c(C)cc(C)cc2C)C(=O)OC12CCCC2. The predicted molar refractivity (Wildman–Crippen MR) is 90.1 cm³/mol. The molecule has 0 aromatic heterocycles. The second kappa shape index (κ2) is 5.48. The molecule has 0 bridgehead atoms. The number of rotatable bonds is 3. The summed E-state index contributed by atoms with van der Waals surface area (Å²) < 4.78 is 5.77. The first-order valence-electron chi connectivity index (χ1n) is 8.13. The molecule has 0 radical (unpaired) electrons. The van der Waals surface area contributed by atoms with Crippen molar-refractivity contribution in [2.75, 3.05) is 0 Å². The fourth-order valence-corrected chi connectivity index (χ4v) is 4.16. The molecule has 120 valence electrons. The van der Waals surface area contributed by atoms with Crippen LogP contribution in [-0.4, -0.2) is 17.4 Å². The summed E-state index contributed by atoms with van der Waals surface area (Å²) in [5, 5.41) is 0. The normalized spacial score (nSPS) is 19.3. The van der Waals surface area contributed by atoms with Crippen LogP contribution in [0.15, 0.2) is 30.4 Å². The van der Waals surface area contributed by atoms with Crippen LogP contribution in [0.5, 0.6) is 0 Å². The molecular formula is C20H22O3. The van der Waals surface area contributed by atoms with Crippen LogP contribution >= 0.6 is 0 Å². The van der Waals surface area contributed by atoms with Crippen LogP contribution in [0.2, 0.25) is 0 Å². The maximum atomic E-state index is 12.7. The number of ketones is 1. The Morgan fingerprint density at radius 2 is 1.74 bits per heavy atom. The lowest BCUT2D eigenvalue weighted by molar-refractivity contribution is -0.145. The summed E-state index contributed by atoms with van der Waals surface area (Å²) >= 11 is 0. The minimum atomic E-state index is -0.735. The lowest BCUT2D eigenvalue weighted by atomic mass is 9.83. The first-order valence-corrected chi connectivity index (χ1v) is 8.13. The fourth-order valence-electron chi connectivity index (χ4n) is 4.16. The minimum absolute atomic E-state index is 0.188. The Morgan fingerprint density at radius 1 is 1.17 bits per heavy atom. The molecule has 3 rings (SSSR count). The highest BCUT2D eigenvalue weighted by molar-refractivity contribution is 6.29. The third kappa shape index (κ3) is 2.35. The zero-order valence-electron chi connectivity index (χ0n) is 14.0. The summed E-state index contributed by atoms with van der Waals surface area (Å²) in [6.07, 6.45) is 4.69. The lowest BCUT2D eigenvalue weighted by Crippen LogP contribution is -2.31. The van der Waals surface area contributed by atoms with Gasteiger partial charge >= 0.3 is 5.97 Å². The molecule has 0 unspecified atom stereocenters. The Labute approximate surface area is 137 Å². The van der Waals surface area contributed by atoms with Gasteiger partial charge in [-0.1, -0.05) is 24.3 Å². The molecule has 0 atom stereocenters. The summed E-state index contributed by atoms with van der Waals surface area (Å²) in [6.45, 7) is 9.60. The molecule has 1 aromatic rings. The van der Waals surface area contributed by atoms with Crippen molar-refractivity contribution in [3.05, 3.63) is 52.6 Å². The fraction of sp³-hybridized carbons (Fsp3) is 0.400. The number of allylic oxidation sites excluding steroid dienone is 1. The van der Waals surface area contributed by atoms with Gasteiger partial charge in [-0.05, 0) is 69.2 Å². The van der Waals surface area contributed by atoms with Crippen molar-refractivity contribution in [1.29, 1.82) is 0 Å². The van der Waals surface area contributed by atoms with E-state index in [1.165, 1.54) is 6.08 Å². The third-order valence-electron chi connectivity index (χ3n) is 4.97. The molecule has 1 saturated carbocycles. The summed E-state index contributed by atoms with van der Waals surface area (Å²) in [6, 6.07) is 4.08. The molecule has 1 aliphatic carbocycles. The van der Waals surface area contributed by atoms with Gasteiger partial charge in [0.15, 0.2) is 5.78 Å². The number of carbonyl (C=O) groups is 2. The van der Waals surface area contributed by atoms with Gasteiger partial charge in [0, 0.05) is 0 Å². The van der Waals surface area contributed by atoms with Crippen molar-refractivity contribution < 1.29 is 14.3 Å². The topological polar surface area (TPSA) is 43.4 Å². The van der Waals surface area contributed by atoms with Crippen molar-refractivity contribution in [1.82, 2.24) is 0 Å². The van der Waals surface area contributed by atoms with Gasteiger partial charge in [0.2, 0.25) is 0 Å². The van der Waals surface area contributed by atoms with Gasteiger partial charge in [0.1, 0.15) is 5.60 Å². The first-order chi connectivity index (χ1) is 10.9. The Hall–Kier alpha value is -2.16. The van der Waals surface area contributed by atoms with E-state index >= 15 is 0 Å². The molecule has 1 spiro atoms. The maximum Gasteiger partial charge on any atom is 0.340 e. The van der Waals surface area contributed by atoms with Crippen molar-refractivity contribution in [3.63, 3.8) is 0 Å². The first kappa shape index (κ1) is 15.7. The Bertz CT molecular complexity index is 723. The second-order valence-electron chi connectivity index (χ2n) is 6.68. The second-order valence-corrected chi connectivity index (χ2v) is 6.68. The molecule has 3 nitrogen and oxygen atoms in total. The zero-order valence-corrected chi connectivity index (χ0v) is 14.0. The van der Waals surface area contributed by atoms with E-state index in [1.807, 2.05) is 32.9 Å². The Kier molecular flexibility index (Phi) is 3.75. The quantitative estimate of drug-likeness (QED) is 0.626. The van der Waals surface area contributed by atoms with Gasteiger partial charge < -0.3 is 4.74 Å².